The van der Waals surface area contributed by atoms with Crippen molar-refractivity contribution in [2.24, 2.45) is 12.0 Å². The molecule has 4 rings (SSSR count). The molecule has 1 saturated heterocycles. The molecule has 1 aromatic heterocycles. The van der Waals surface area contributed by atoms with E-state index in [-0.39, 0.29) is 24.0 Å². The van der Waals surface area contributed by atoms with Crippen LogP contribution in [0.1, 0.15) is 50.2 Å². The summed E-state index contributed by atoms with van der Waals surface area (Å²) in [6, 6.07) is 8.74. The number of hydrogen-bond acceptors (Lipinski definition) is 4. The first kappa shape index (κ1) is 24.6. The van der Waals surface area contributed by atoms with Gasteiger partial charge in [0.15, 0.2) is 11.8 Å². The summed E-state index contributed by atoms with van der Waals surface area (Å²) >= 11 is 7.98. The van der Waals surface area contributed by atoms with Crippen LogP contribution in [0.25, 0.3) is 0 Å². The van der Waals surface area contributed by atoms with E-state index in [4.69, 9.17) is 16.6 Å². The van der Waals surface area contributed by atoms with Gasteiger partial charge < -0.3 is 14.8 Å². The van der Waals surface area contributed by atoms with Gasteiger partial charge in [0.05, 0.1) is 0 Å². The van der Waals surface area contributed by atoms with Gasteiger partial charge in [0, 0.05) is 41.3 Å². The number of aryl methyl sites for hydroxylation is 1. The molecule has 1 aliphatic carbocycles. The second kappa shape index (κ2) is 11.7. The molecule has 1 saturated carbocycles. The molecule has 1 aliphatic heterocycles. The quantitative estimate of drug-likeness (QED) is 0.308. The van der Waals surface area contributed by atoms with E-state index in [2.05, 4.69) is 32.5 Å². The number of hydrogen-bond donors (Lipinski definition) is 1. The molecule has 2 aliphatic rings. The normalized spacial score (nSPS) is 18.3. The molecule has 1 aromatic carbocycles. The molecule has 1 N–H and O–H groups in total. The lowest BCUT2D eigenvalue weighted by Crippen LogP contribution is -2.48. The highest BCUT2D eigenvalue weighted by Crippen LogP contribution is 2.31. The van der Waals surface area contributed by atoms with Crippen LogP contribution in [0.15, 0.2) is 34.2 Å². The lowest BCUT2D eigenvalue weighted by Gasteiger charge is -2.35. The van der Waals surface area contributed by atoms with Crippen LogP contribution in [0.3, 0.4) is 0 Å². The summed E-state index contributed by atoms with van der Waals surface area (Å²) in [5, 5.41) is 13.6. The Labute approximate surface area is 211 Å². The largest absolute Gasteiger partial charge is 0.353 e. The number of aromatic nitrogens is 3. The fraction of sp³-hybridized carbons (Fsp3) is 0.591. The number of benzene rings is 1. The van der Waals surface area contributed by atoms with Crippen molar-refractivity contribution in [1.82, 2.24) is 25.0 Å². The van der Waals surface area contributed by atoms with Gasteiger partial charge in [-0.25, -0.2) is 4.99 Å². The maximum Gasteiger partial charge on any atom is 0.194 e. The molecule has 31 heavy (non-hydrogen) atoms. The predicted molar refractivity (Wildman–Crippen MR) is 140 cm³/mol. The SMILES string of the molecule is Cc1nnc(CN=C(NC2CCCC2)N2CCC(Sc3ccc(Cl)cc3)CC2)n1C.I. The van der Waals surface area contributed by atoms with Crippen LogP contribution < -0.4 is 5.32 Å². The Kier molecular flexibility index (Phi) is 9.33. The number of guanidine groups is 1. The van der Waals surface area contributed by atoms with Crippen molar-refractivity contribution in [3.05, 3.63) is 40.9 Å². The molecule has 6 nitrogen and oxygen atoms in total. The monoisotopic (exact) mass is 574 g/mol. The zero-order valence-corrected chi connectivity index (χ0v) is 22.2. The maximum absolute atomic E-state index is 6.02. The molecule has 170 valence electrons. The number of thioether (sulfide) groups is 1. The Morgan fingerprint density at radius 1 is 1.13 bits per heavy atom. The predicted octanol–water partition coefficient (Wildman–Crippen LogP) is 5.04. The molecule has 0 bridgehead atoms. The van der Waals surface area contributed by atoms with Crippen molar-refractivity contribution in [1.29, 1.82) is 0 Å². The van der Waals surface area contributed by atoms with Crippen LogP contribution >= 0.6 is 47.3 Å². The molecule has 2 heterocycles. The molecular weight excluding hydrogens is 543 g/mol. The minimum absolute atomic E-state index is 0. The van der Waals surface area contributed by atoms with Crippen molar-refractivity contribution in [2.45, 2.75) is 68.2 Å². The van der Waals surface area contributed by atoms with Gasteiger partial charge in [0.1, 0.15) is 12.4 Å². The van der Waals surface area contributed by atoms with E-state index in [0.717, 1.165) is 48.6 Å². The van der Waals surface area contributed by atoms with E-state index in [0.29, 0.717) is 17.8 Å². The Balaban J connectivity index is 0.00000272. The summed E-state index contributed by atoms with van der Waals surface area (Å²) in [6.45, 7) is 4.59. The molecule has 0 atom stereocenters. The third kappa shape index (κ3) is 6.74. The Morgan fingerprint density at radius 3 is 2.42 bits per heavy atom. The maximum atomic E-state index is 6.02. The van der Waals surface area contributed by atoms with E-state index in [1.807, 2.05) is 42.4 Å². The van der Waals surface area contributed by atoms with Crippen LogP contribution in [0.5, 0.6) is 0 Å². The first-order valence-corrected chi connectivity index (χ1v) is 12.2. The molecular formula is C22H32ClIN6S. The highest BCUT2D eigenvalue weighted by atomic mass is 127. The molecule has 0 radical (unpaired) electrons. The van der Waals surface area contributed by atoms with Crippen molar-refractivity contribution < 1.29 is 0 Å². The van der Waals surface area contributed by atoms with E-state index in [9.17, 15) is 0 Å². The fourth-order valence-electron chi connectivity index (χ4n) is 4.12. The highest BCUT2D eigenvalue weighted by Gasteiger charge is 2.25. The fourth-order valence-corrected chi connectivity index (χ4v) is 5.37. The first-order valence-electron chi connectivity index (χ1n) is 10.9. The van der Waals surface area contributed by atoms with Crippen molar-refractivity contribution >= 4 is 53.3 Å². The standard InChI is InChI=1S/C22H31ClN6S.HI/c1-16-26-27-21(28(16)2)15-24-22(25-18-5-3-4-6-18)29-13-11-20(12-14-29)30-19-9-7-17(23)8-10-19;/h7-10,18,20H,3-6,11-15H2,1-2H3,(H,24,25);1H. The minimum Gasteiger partial charge on any atom is -0.353 e. The minimum atomic E-state index is 0. The topological polar surface area (TPSA) is 58.3 Å². The number of rotatable bonds is 5. The van der Waals surface area contributed by atoms with E-state index in [1.54, 1.807) is 0 Å². The number of likely N-dealkylation sites (tertiary alicyclic amines) is 1. The Bertz CT molecular complexity index is 857. The van der Waals surface area contributed by atoms with Gasteiger partial charge in [-0.15, -0.1) is 45.9 Å². The van der Waals surface area contributed by atoms with Crippen LogP contribution in [-0.2, 0) is 13.6 Å². The van der Waals surface area contributed by atoms with Gasteiger partial charge in [0.25, 0.3) is 0 Å². The highest BCUT2D eigenvalue weighted by molar-refractivity contribution is 14.0. The van der Waals surface area contributed by atoms with Gasteiger partial charge in [-0.1, -0.05) is 24.4 Å². The van der Waals surface area contributed by atoms with Gasteiger partial charge >= 0.3 is 0 Å². The van der Waals surface area contributed by atoms with Crippen molar-refractivity contribution in [3.63, 3.8) is 0 Å². The second-order valence-electron chi connectivity index (χ2n) is 8.25. The number of aliphatic imine (C=N–C) groups is 1. The summed E-state index contributed by atoms with van der Waals surface area (Å²) in [7, 11) is 2.00. The molecule has 0 unspecified atom stereocenters. The third-order valence-corrected chi connectivity index (χ3v) is 7.70. The molecule has 0 amide bonds. The van der Waals surface area contributed by atoms with E-state index in [1.165, 1.54) is 30.6 Å². The summed E-state index contributed by atoms with van der Waals surface area (Å²) in [5.74, 6) is 2.87. The number of piperidine rings is 1. The smallest absolute Gasteiger partial charge is 0.194 e. The summed E-state index contributed by atoms with van der Waals surface area (Å²) in [6.07, 6.45) is 7.42. The van der Waals surface area contributed by atoms with Crippen molar-refractivity contribution in [2.75, 3.05) is 13.1 Å². The average Bonchev–Trinajstić information content (AvgIpc) is 3.38. The average molecular weight is 575 g/mol. The van der Waals surface area contributed by atoms with Gasteiger partial charge in [0.2, 0.25) is 0 Å². The van der Waals surface area contributed by atoms with E-state index < -0.39 is 0 Å². The second-order valence-corrected chi connectivity index (χ2v) is 10.1. The van der Waals surface area contributed by atoms with E-state index >= 15 is 0 Å². The summed E-state index contributed by atoms with van der Waals surface area (Å²) < 4.78 is 2.02. The molecule has 2 fully saturated rings. The summed E-state index contributed by atoms with van der Waals surface area (Å²) in [5.41, 5.74) is 0. The van der Waals surface area contributed by atoms with Gasteiger partial charge in [-0.3, -0.25) is 0 Å². The lowest BCUT2D eigenvalue weighted by atomic mass is 10.1. The molecule has 2 aromatic rings. The summed E-state index contributed by atoms with van der Waals surface area (Å²) in [4.78, 5) is 8.69. The molecule has 9 heteroatoms. The molecule has 0 spiro atoms. The zero-order chi connectivity index (χ0) is 20.9. The van der Waals surface area contributed by atoms with Gasteiger partial charge in [-0.05, 0) is 56.9 Å². The van der Waals surface area contributed by atoms with Crippen LogP contribution in [0, 0.1) is 6.92 Å². The van der Waals surface area contributed by atoms with Crippen LogP contribution in [-0.4, -0.2) is 50.0 Å². The number of nitrogens with zero attached hydrogens (tertiary/aromatic N) is 5. The van der Waals surface area contributed by atoms with Crippen LogP contribution in [0.2, 0.25) is 5.02 Å². The zero-order valence-electron chi connectivity index (χ0n) is 18.3. The van der Waals surface area contributed by atoms with Crippen molar-refractivity contribution in [3.8, 4) is 0 Å². The lowest BCUT2D eigenvalue weighted by molar-refractivity contribution is 0.332. The van der Waals surface area contributed by atoms with Crippen LogP contribution in [0.4, 0.5) is 0 Å². The Hall–Kier alpha value is -1.000. The number of nitrogens with one attached hydrogen (secondary N) is 1. The first-order chi connectivity index (χ1) is 14.6. The van der Waals surface area contributed by atoms with Gasteiger partial charge in [-0.2, -0.15) is 0 Å². The Morgan fingerprint density at radius 2 is 1.81 bits per heavy atom. The number of halogens is 2. The third-order valence-electron chi connectivity index (χ3n) is 6.10.